The maximum absolute atomic E-state index is 6.92. The van der Waals surface area contributed by atoms with Crippen LogP contribution in [-0.2, 0) is 0 Å². The van der Waals surface area contributed by atoms with Gasteiger partial charge in [0.15, 0.2) is 0 Å². The molecule has 336 valence electrons. The van der Waals surface area contributed by atoms with Crippen molar-refractivity contribution in [3.63, 3.8) is 0 Å². The second-order valence-corrected chi connectivity index (χ2v) is 18.8. The number of hydrogen-bond acceptors (Lipinski definition) is 6. The van der Waals surface area contributed by atoms with Gasteiger partial charge >= 0.3 is 0 Å². The molecule has 0 bridgehead atoms. The predicted molar refractivity (Wildman–Crippen MR) is 297 cm³/mol. The summed E-state index contributed by atoms with van der Waals surface area (Å²) in [6.45, 7) is 0. The van der Waals surface area contributed by atoms with E-state index in [4.69, 9.17) is 17.7 Å². The molecule has 0 saturated carbocycles. The van der Waals surface area contributed by atoms with Gasteiger partial charge in [-0.1, -0.05) is 97.1 Å². The van der Waals surface area contributed by atoms with Crippen LogP contribution in [0, 0.1) is 0 Å². The third-order valence-electron chi connectivity index (χ3n) is 14.8. The van der Waals surface area contributed by atoms with E-state index in [2.05, 4.69) is 228 Å². The van der Waals surface area contributed by atoms with Gasteiger partial charge in [0, 0.05) is 123 Å². The zero-order chi connectivity index (χ0) is 47.0. The number of benzene rings is 12. The summed E-state index contributed by atoms with van der Waals surface area (Å²) >= 11 is 0. The van der Waals surface area contributed by atoms with Crippen LogP contribution in [0.2, 0.25) is 0 Å². The van der Waals surface area contributed by atoms with E-state index in [1.54, 1.807) is 0 Å². The Morgan fingerprint density at radius 1 is 0.194 bits per heavy atom. The molecule has 0 atom stereocenters. The predicted octanol–water partition coefficient (Wildman–Crippen LogP) is 19.7. The number of fused-ring (bicyclic) bond motifs is 19. The van der Waals surface area contributed by atoms with E-state index in [0.717, 1.165) is 154 Å². The molecule has 16 rings (SSSR count). The van der Waals surface area contributed by atoms with Crippen LogP contribution in [0.3, 0.4) is 0 Å². The summed E-state index contributed by atoms with van der Waals surface area (Å²) in [4.78, 5) is 4.53. The van der Waals surface area contributed by atoms with Crippen LogP contribution in [0.1, 0.15) is 0 Å². The van der Waals surface area contributed by atoms with Gasteiger partial charge in [0.25, 0.3) is 0 Å². The maximum Gasteiger partial charge on any atom is 0.143 e. The minimum Gasteiger partial charge on any atom is -0.455 e. The molecule has 6 nitrogen and oxygen atoms in total. The van der Waals surface area contributed by atoms with Gasteiger partial charge in [0.1, 0.15) is 44.7 Å². The van der Waals surface area contributed by atoms with Crippen LogP contribution in [0.5, 0.6) is 0 Å². The molecule has 0 radical (unpaired) electrons. The summed E-state index contributed by atoms with van der Waals surface area (Å²) in [6.07, 6.45) is 0. The number of nitrogens with zero attached hydrogens (tertiary/aromatic N) is 2. The van der Waals surface area contributed by atoms with Crippen LogP contribution in [0.15, 0.2) is 248 Å². The first kappa shape index (κ1) is 39.1. The van der Waals surface area contributed by atoms with E-state index in [9.17, 15) is 0 Å². The molecule has 12 aromatic carbocycles. The number of anilines is 6. The van der Waals surface area contributed by atoms with Gasteiger partial charge in [0.2, 0.25) is 0 Å². The lowest BCUT2D eigenvalue weighted by Gasteiger charge is -2.25. The molecule has 0 unspecified atom stereocenters. The average Bonchev–Trinajstić information content (AvgIpc) is 4.21. The Kier molecular flexibility index (Phi) is 8.07. The smallest absolute Gasteiger partial charge is 0.143 e. The highest BCUT2D eigenvalue weighted by atomic mass is 16.3. The Morgan fingerprint density at radius 3 is 0.806 bits per heavy atom. The van der Waals surface area contributed by atoms with Crippen molar-refractivity contribution in [1.29, 1.82) is 0 Å². The molecule has 72 heavy (non-hydrogen) atoms. The van der Waals surface area contributed by atoms with Gasteiger partial charge in [-0.15, -0.1) is 0 Å². The van der Waals surface area contributed by atoms with Crippen molar-refractivity contribution in [1.82, 2.24) is 0 Å². The van der Waals surface area contributed by atoms with Crippen molar-refractivity contribution in [3.05, 3.63) is 231 Å². The van der Waals surface area contributed by atoms with Crippen molar-refractivity contribution < 1.29 is 17.7 Å². The number of para-hydroxylation sites is 2. The van der Waals surface area contributed by atoms with Crippen LogP contribution >= 0.6 is 0 Å². The molecule has 4 aromatic heterocycles. The molecule has 0 aliphatic carbocycles. The lowest BCUT2D eigenvalue weighted by atomic mass is 10.0. The van der Waals surface area contributed by atoms with Crippen LogP contribution in [0.25, 0.3) is 120 Å². The van der Waals surface area contributed by atoms with Crippen LogP contribution in [-0.4, -0.2) is 0 Å². The molecule has 0 aliphatic heterocycles. The van der Waals surface area contributed by atoms with Crippen LogP contribution in [0.4, 0.5) is 34.1 Å². The Bertz CT molecular complexity index is 4580. The van der Waals surface area contributed by atoms with Gasteiger partial charge in [-0.2, -0.15) is 0 Å². The highest BCUT2D eigenvalue weighted by Gasteiger charge is 2.22. The SMILES string of the molecule is c1ccc(N(c2ccc3c(c2)oc2c4ccccc4ccc32)c2ccc3c(c2)oc2c3ccc3c2ccc2c4ccc(N(c5ccccc5)c5ccc6c(c5)oc5c7ccccc7ccc65)cc4oc23)cc1. The van der Waals surface area contributed by atoms with Crippen molar-refractivity contribution in [2.75, 3.05) is 9.80 Å². The lowest BCUT2D eigenvalue weighted by Crippen LogP contribution is -2.09. The van der Waals surface area contributed by atoms with Gasteiger partial charge < -0.3 is 27.5 Å². The molecule has 0 N–H and O–H groups in total. The topological polar surface area (TPSA) is 59.0 Å². The summed E-state index contributed by atoms with van der Waals surface area (Å²) in [6, 6.07) is 81.1. The monoisotopic (exact) mass is 922 g/mol. The Hall–Kier alpha value is -9.78. The molecule has 16 aromatic rings. The maximum atomic E-state index is 6.92. The Morgan fingerprint density at radius 2 is 0.458 bits per heavy atom. The van der Waals surface area contributed by atoms with Gasteiger partial charge in [-0.25, -0.2) is 0 Å². The summed E-state index contributed by atoms with van der Waals surface area (Å²) < 4.78 is 27.2. The fraction of sp³-hybridized carbons (Fsp3) is 0. The first-order valence-electron chi connectivity index (χ1n) is 24.3. The molecule has 0 fully saturated rings. The van der Waals surface area contributed by atoms with E-state index in [0.29, 0.717) is 0 Å². The zero-order valence-corrected chi connectivity index (χ0v) is 38.5. The minimum atomic E-state index is 0.803. The molecular formula is C66H38N2O4. The Balaban J connectivity index is 0.802. The van der Waals surface area contributed by atoms with E-state index in [-0.39, 0.29) is 0 Å². The molecule has 6 heteroatoms. The van der Waals surface area contributed by atoms with E-state index < -0.39 is 0 Å². The van der Waals surface area contributed by atoms with E-state index >= 15 is 0 Å². The van der Waals surface area contributed by atoms with Crippen molar-refractivity contribution in [2.45, 2.75) is 0 Å². The quantitative estimate of drug-likeness (QED) is 0.166. The highest BCUT2D eigenvalue weighted by Crippen LogP contribution is 2.46. The highest BCUT2D eigenvalue weighted by molar-refractivity contribution is 6.23. The number of hydrogen-bond donors (Lipinski definition) is 0. The standard InChI is InChI=1S/C66H38N2O4/c1-3-13-41(14-4-1)67(43-21-27-49-53-25-19-39-11-7-9-17-47(39)63(53)69-59(49)35-43)45-23-29-51-55-31-33-58-57(65(55)71-61(51)37-45)34-32-56-52-30-24-46(38-62(52)72-66(56)58)68(42-15-5-2-6-16-42)44-22-28-50-54-26-20-40-12-8-10-18-48(40)64(54)70-60(50)36-44/h1-38H. The average molecular weight is 923 g/mol. The molecule has 0 saturated heterocycles. The molecule has 0 spiro atoms. The first-order chi connectivity index (χ1) is 35.7. The number of rotatable bonds is 6. The van der Waals surface area contributed by atoms with Gasteiger partial charge in [-0.05, 0) is 120 Å². The molecule has 0 aliphatic rings. The first-order valence-corrected chi connectivity index (χ1v) is 24.3. The third kappa shape index (κ3) is 5.72. The van der Waals surface area contributed by atoms with Gasteiger partial charge in [-0.3, -0.25) is 0 Å². The van der Waals surface area contributed by atoms with Gasteiger partial charge in [0.05, 0.1) is 0 Å². The van der Waals surface area contributed by atoms with Crippen molar-refractivity contribution in [3.8, 4) is 0 Å². The molecular weight excluding hydrogens is 885 g/mol. The summed E-state index contributed by atoms with van der Waals surface area (Å²) in [5.41, 5.74) is 12.7. The lowest BCUT2D eigenvalue weighted by molar-refractivity contribution is 0.669. The summed E-state index contributed by atoms with van der Waals surface area (Å²) in [7, 11) is 0. The fourth-order valence-electron chi connectivity index (χ4n) is 11.4. The normalized spacial score (nSPS) is 12.2. The Labute approximate surface area is 410 Å². The minimum absolute atomic E-state index is 0.803. The second kappa shape index (κ2) is 14.9. The summed E-state index contributed by atoms with van der Waals surface area (Å²) in [5, 5.41) is 15.1. The fourth-order valence-corrected chi connectivity index (χ4v) is 11.4. The molecule has 4 heterocycles. The van der Waals surface area contributed by atoms with E-state index in [1.807, 2.05) is 12.1 Å². The van der Waals surface area contributed by atoms with Crippen LogP contribution < -0.4 is 9.80 Å². The number of furan rings is 4. The summed E-state index contributed by atoms with van der Waals surface area (Å²) in [5.74, 6) is 0. The van der Waals surface area contributed by atoms with Crippen molar-refractivity contribution in [2.24, 2.45) is 0 Å². The zero-order valence-electron chi connectivity index (χ0n) is 38.5. The second-order valence-electron chi connectivity index (χ2n) is 18.8. The molecule has 0 amide bonds. The largest absolute Gasteiger partial charge is 0.455 e. The third-order valence-corrected chi connectivity index (χ3v) is 14.8. The van der Waals surface area contributed by atoms with E-state index in [1.165, 1.54) is 0 Å². The van der Waals surface area contributed by atoms with Crippen molar-refractivity contribution >= 4 is 154 Å².